The molecule has 0 saturated heterocycles. The number of benzene rings is 2. The molecule has 3 heteroatoms. The molecule has 0 fully saturated rings. The van der Waals surface area contributed by atoms with Crippen LogP contribution in [0, 0.1) is 13.8 Å². The summed E-state index contributed by atoms with van der Waals surface area (Å²) in [4.78, 5) is 0. The standard InChI is InChI=1S/C18H23NO2/c1-4-20-17-7-5-6-16(13-17)19-10-11-21-18-9-8-14(2)12-15(18)3/h5-9,12-13,19H,4,10-11H2,1-3H3. The first-order valence-electron chi connectivity index (χ1n) is 7.36. The SMILES string of the molecule is CCOc1cccc(NCCOc2ccc(C)cc2C)c1. The second kappa shape index (κ2) is 7.58. The smallest absolute Gasteiger partial charge is 0.122 e. The van der Waals surface area contributed by atoms with Crippen LogP contribution >= 0.6 is 0 Å². The van der Waals surface area contributed by atoms with E-state index in [4.69, 9.17) is 9.47 Å². The monoisotopic (exact) mass is 285 g/mol. The topological polar surface area (TPSA) is 30.5 Å². The Morgan fingerprint density at radius 3 is 2.62 bits per heavy atom. The lowest BCUT2D eigenvalue weighted by atomic mass is 10.1. The Morgan fingerprint density at radius 2 is 1.86 bits per heavy atom. The average Bonchev–Trinajstić information content (AvgIpc) is 2.46. The van der Waals surface area contributed by atoms with Gasteiger partial charge in [0.1, 0.15) is 18.1 Å². The number of aryl methyl sites for hydroxylation is 2. The van der Waals surface area contributed by atoms with Gasteiger partial charge in [0, 0.05) is 18.3 Å². The fraction of sp³-hybridized carbons (Fsp3) is 0.333. The lowest BCUT2D eigenvalue weighted by molar-refractivity contribution is 0.330. The molecule has 112 valence electrons. The fourth-order valence-corrected chi connectivity index (χ4v) is 2.18. The minimum absolute atomic E-state index is 0.628. The molecule has 21 heavy (non-hydrogen) atoms. The van der Waals surface area contributed by atoms with Crippen LogP contribution in [0.3, 0.4) is 0 Å². The molecule has 2 aromatic rings. The maximum absolute atomic E-state index is 5.80. The van der Waals surface area contributed by atoms with Crippen molar-refractivity contribution in [1.29, 1.82) is 0 Å². The second-order valence-electron chi connectivity index (χ2n) is 5.01. The van der Waals surface area contributed by atoms with Crippen molar-refractivity contribution < 1.29 is 9.47 Å². The summed E-state index contributed by atoms with van der Waals surface area (Å²) in [6.45, 7) is 8.20. The van der Waals surface area contributed by atoms with E-state index in [0.29, 0.717) is 13.2 Å². The second-order valence-corrected chi connectivity index (χ2v) is 5.01. The van der Waals surface area contributed by atoms with Crippen LogP contribution in [0.25, 0.3) is 0 Å². The number of rotatable bonds is 7. The van der Waals surface area contributed by atoms with E-state index in [1.165, 1.54) is 11.1 Å². The van der Waals surface area contributed by atoms with Crippen molar-refractivity contribution in [1.82, 2.24) is 0 Å². The molecule has 0 aliphatic carbocycles. The Hall–Kier alpha value is -2.16. The lowest BCUT2D eigenvalue weighted by Crippen LogP contribution is -2.12. The van der Waals surface area contributed by atoms with Crippen molar-refractivity contribution >= 4 is 5.69 Å². The Balaban J connectivity index is 1.80. The van der Waals surface area contributed by atoms with Crippen molar-refractivity contribution in [3.05, 3.63) is 53.6 Å². The lowest BCUT2D eigenvalue weighted by Gasteiger charge is -2.12. The summed E-state index contributed by atoms with van der Waals surface area (Å²) >= 11 is 0. The van der Waals surface area contributed by atoms with E-state index in [2.05, 4.69) is 31.3 Å². The first-order chi connectivity index (χ1) is 10.2. The van der Waals surface area contributed by atoms with Crippen LogP contribution in [0.1, 0.15) is 18.1 Å². The summed E-state index contributed by atoms with van der Waals surface area (Å²) in [6, 6.07) is 14.2. The summed E-state index contributed by atoms with van der Waals surface area (Å²) in [5, 5.41) is 3.34. The molecule has 1 N–H and O–H groups in total. The van der Waals surface area contributed by atoms with E-state index >= 15 is 0 Å². The molecule has 0 unspecified atom stereocenters. The van der Waals surface area contributed by atoms with Crippen LogP contribution in [-0.4, -0.2) is 19.8 Å². The quantitative estimate of drug-likeness (QED) is 0.774. The summed E-state index contributed by atoms with van der Waals surface area (Å²) in [5.41, 5.74) is 3.48. The molecule has 3 nitrogen and oxygen atoms in total. The summed E-state index contributed by atoms with van der Waals surface area (Å²) < 4.78 is 11.3. The highest BCUT2D eigenvalue weighted by molar-refractivity contribution is 5.48. The predicted octanol–water partition coefficient (Wildman–Crippen LogP) is 4.19. The molecule has 0 bridgehead atoms. The molecule has 0 radical (unpaired) electrons. The number of ether oxygens (including phenoxy) is 2. The summed E-state index contributed by atoms with van der Waals surface area (Å²) in [7, 11) is 0. The molecule has 2 aromatic carbocycles. The maximum atomic E-state index is 5.80. The van der Waals surface area contributed by atoms with Gasteiger partial charge in [0.2, 0.25) is 0 Å². The molecule has 0 aliphatic rings. The average molecular weight is 285 g/mol. The molecule has 2 rings (SSSR count). The van der Waals surface area contributed by atoms with Gasteiger partial charge in [-0.15, -0.1) is 0 Å². The van der Waals surface area contributed by atoms with Crippen molar-refractivity contribution in [2.24, 2.45) is 0 Å². The van der Waals surface area contributed by atoms with Gasteiger partial charge in [0.15, 0.2) is 0 Å². The molecule has 0 aromatic heterocycles. The third kappa shape index (κ3) is 4.71. The van der Waals surface area contributed by atoms with Crippen LogP contribution < -0.4 is 14.8 Å². The van der Waals surface area contributed by atoms with Gasteiger partial charge < -0.3 is 14.8 Å². The van der Waals surface area contributed by atoms with Crippen molar-refractivity contribution in [2.45, 2.75) is 20.8 Å². The van der Waals surface area contributed by atoms with E-state index in [1.54, 1.807) is 0 Å². The van der Waals surface area contributed by atoms with Crippen LogP contribution in [0.15, 0.2) is 42.5 Å². The van der Waals surface area contributed by atoms with E-state index < -0.39 is 0 Å². The normalized spacial score (nSPS) is 10.2. The highest BCUT2D eigenvalue weighted by Crippen LogP contribution is 2.19. The molecule has 0 amide bonds. The zero-order valence-corrected chi connectivity index (χ0v) is 13.0. The van der Waals surface area contributed by atoms with Gasteiger partial charge in [-0.2, -0.15) is 0 Å². The third-order valence-corrected chi connectivity index (χ3v) is 3.16. The molecule has 0 aliphatic heterocycles. The number of anilines is 1. The summed E-state index contributed by atoms with van der Waals surface area (Å²) in [5.74, 6) is 1.84. The highest BCUT2D eigenvalue weighted by Gasteiger charge is 2.00. The first-order valence-corrected chi connectivity index (χ1v) is 7.36. The summed E-state index contributed by atoms with van der Waals surface area (Å²) in [6.07, 6.45) is 0. The van der Waals surface area contributed by atoms with Gasteiger partial charge in [0.25, 0.3) is 0 Å². The Kier molecular flexibility index (Phi) is 5.50. The van der Waals surface area contributed by atoms with Crippen molar-refractivity contribution in [3.63, 3.8) is 0 Å². The number of hydrogen-bond donors (Lipinski definition) is 1. The van der Waals surface area contributed by atoms with Gasteiger partial charge in [-0.05, 0) is 44.5 Å². The van der Waals surface area contributed by atoms with Gasteiger partial charge in [-0.25, -0.2) is 0 Å². The predicted molar refractivity (Wildman–Crippen MR) is 87.5 cm³/mol. The maximum Gasteiger partial charge on any atom is 0.122 e. The van der Waals surface area contributed by atoms with Gasteiger partial charge in [-0.1, -0.05) is 23.8 Å². The zero-order chi connectivity index (χ0) is 15.1. The largest absolute Gasteiger partial charge is 0.494 e. The van der Waals surface area contributed by atoms with Crippen molar-refractivity contribution in [2.75, 3.05) is 25.1 Å². The van der Waals surface area contributed by atoms with E-state index in [1.807, 2.05) is 37.3 Å². The molecule has 0 saturated carbocycles. The van der Waals surface area contributed by atoms with Gasteiger partial charge in [-0.3, -0.25) is 0 Å². The minimum atomic E-state index is 0.628. The minimum Gasteiger partial charge on any atom is -0.494 e. The van der Waals surface area contributed by atoms with Crippen molar-refractivity contribution in [3.8, 4) is 11.5 Å². The van der Waals surface area contributed by atoms with Crippen LogP contribution in [0.2, 0.25) is 0 Å². The Bertz CT molecular complexity index is 581. The van der Waals surface area contributed by atoms with Crippen LogP contribution in [0.4, 0.5) is 5.69 Å². The number of hydrogen-bond acceptors (Lipinski definition) is 3. The van der Waals surface area contributed by atoms with E-state index in [9.17, 15) is 0 Å². The van der Waals surface area contributed by atoms with Gasteiger partial charge >= 0.3 is 0 Å². The zero-order valence-electron chi connectivity index (χ0n) is 13.0. The molecular weight excluding hydrogens is 262 g/mol. The van der Waals surface area contributed by atoms with Crippen LogP contribution in [-0.2, 0) is 0 Å². The number of nitrogens with one attached hydrogen (secondary N) is 1. The van der Waals surface area contributed by atoms with Gasteiger partial charge in [0.05, 0.1) is 6.61 Å². The van der Waals surface area contributed by atoms with E-state index in [0.717, 1.165) is 23.7 Å². The third-order valence-electron chi connectivity index (χ3n) is 3.16. The highest BCUT2D eigenvalue weighted by atomic mass is 16.5. The Labute approximate surface area is 126 Å². The van der Waals surface area contributed by atoms with Crippen LogP contribution in [0.5, 0.6) is 11.5 Å². The molecule has 0 spiro atoms. The molecule has 0 atom stereocenters. The Morgan fingerprint density at radius 1 is 1.00 bits per heavy atom. The molecular formula is C18H23NO2. The fourth-order valence-electron chi connectivity index (χ4n) is 2.18. The van der Waals surface area contributed by atoms with E-state index in [-0.39, 0.29) is 0 Å². The first kappa shape index (κ1) is 15.2. The molecule has 0 heterocycles.